The van der Waals surface area contributed by atoms with Gasteiger partial charge in [-0.3, -0.25) is 0 Å². The number of hydrogen-bond donors (Lipinski definition) is 1. The third-order valence-electron chi connectivity index (χ3n) is 3.69. The van der Waals surface area contributed by atoms with Gasteiger partial charge in [-0.05, 0) is 37.3 Å². The van der Waals surface area contributed by atoms with E-state index < -0.39 is 5.72 Å². The van der Waals surface area contributed by atoms with Gasteiger partial charge in [0.1, 0.15) is 5.75 Å². The molecule has 2 aliphatic heterocycles. The molecule has 0 aromatic heterocycles. The number of fused-ring (bicyclic) bond motifs is 4. The highest BCUT2D eigenvalue weighted by atomic mass is 35.5. The van der Waals surface area contributed by atoms with E-state index in [1.165, 1.54) is 0 Å². The fourth-order valence-corrected chi connectivity index (χ4v) is 3.38. The first-order valence-corrected chi connectivity index (χ1v) is 6.99. The standard InChI is InChI=1S/C14H15ClN2OS/c1-3-6-17-13(19)16-11-8-14(17,2)18-12-5-4-9(15)7-10(11)12/h3-5,7,11H,1,6,8H2,2H3,(H,16,19). The molecule has 3 rings (SSSR count). The van der Waals surface area contributed by atoms with E-state index in [0.29, 0.717) is 16.7 Å². The molecule has 3 nitrogen and oxygen atoms in total. The highest BCUT2D eigenvalue weighted by Crippen LogP contribution is 2.44. The van der Waals surface area contributed by atoms with Crippen LogP contribution in [0.15, 0.2) is 30.9 Å². The van der Waals surface area contributed by atoms with Crippen molar-refractivity contribution in [2.24, 2.45) is 0 Å². The van der Waals surface area contributed by atoms with Crippen LogP contribution in [0.1, 0.15) is 24.9 Å². The smallest absolute Gasteiger partial charge is 0.184 e. The van der Waals surface area contributed by atoms with Gasteiger partial charge < -0.3 is 15.0 Å². The predicted octanol–water partition coefficient (Wildman–Crippen LogP) is 3.26. The molecule has 0 radical (unpaired) electrons. The lowest BCUT2D eigenvalue weighted by molar-refractivity contribution is -0.0631. The summed E-state index contributed by atoms with van der Waals surface area (Å²) in [6.07, 6.45) is 2.66. The molecular weight excluding hydrogens is 280 g/mol. The Hall–Kier alpha value is -1.26. The summed E-state index contributed by atoms with van der Waals surface area (Å²) >= 11 is 11.5. The van der Waals surface area contributed by atoms with Crippen molar-refractivity contribution in [1.29, 1.82) is 0 Å². The first kappa shape index (κ1) is 12.8. The first-order chi connectivity index (χ1) is 9.03. The third-order valence-corrected chi connectivity index (χ3v) is 4.26. The van der Waals surface area contributed by atoms with Crippen molar-refractivity contribution < 1.29 is 4.74 Å². The van der Waals surface area contributed by atoms with Gasteiger partial charge in [0.05, 0.1) is 6.04 Å². The molecule has 2 unspecified atom stereocenters. The van der Waals surface area contributed by atoms with E-state index in [9.17, 15) is 0 Å². The molecule has 0 saturated carbocycles. The van der Waals surface area contributed by atoms with Crippen LogP contribution in [0.25, 0.3) is 0 Å². The van der Waals surface area contributed by atoms with Crippen LogP contribution in [0.4, 0.5) is 0 Å². The number of benzene rings is 1. The Morgan fingerprint density at radius 1 is 1.68 bits per heavy atom. The number of rotatable bonds is 2. The molecule has 100 valence electrons. The molecule has 0 spiro atoms. The van der Waals surface area contributed by atoms with Gasteiger partial charge in [-0.2, -0.15) is 0 Å². The largest absolute Gasteiger partial charge is 0.468 e. The van der Waals surface area contributed by atoms with E-state index in [4.69, 9.17) is 28.6 Å². The molecule has 1 aromatic rings. The minimum Gasteiger partial charge on any atom is -0.468 e. The average Bonchev–Trinajstić information content (AvgIpc) is 2.35. The second-order valence-electron chi connectivity index (χ2n) is 5.06. The van der Waals surface area contributed by atoms with Gasteiger partial charge >= 0.3 is 0 Å². The van der Waals surface area contributed by atoms with Crippen LogP contribution in [0.3, 0.4) is 0 Å². The van der Waals surface area contributed by atoms with E-state index in [1.54, 1.807) is 0 Å². The van der Waals surface area contributed by atoms with Gasteiger partial charge in [-0.1, -0.05) is 17.7 Å². The summed E-state index contributed by atoms with van der Waals surface area (Å²) in [7, 11) is 0. The lowest BCUT2D eigenvalue weighted by Gasteiger charge is -2.52. The number of nitrogens with one attached hydrogen (secondary N) is 1. The third kappa shape index (κ3) is 1.99. The van der Waals surface area contributed by atoms with E-state index in [0.717, 1.165) is 17.7 Å². The molecule has 1 fully saturated rings. The molecular formula is C14H15ClN2OS. The van der Waals surface area contributed by atoms with Crippen molar-refractivity contribution in [3.8, 4) is 5.75 Å². The molecule has 2 bridgehead atoms. The van der Waals surface area contributed by atoms with E-state index in [1.807, 2.05) is 29.2 Å². The summed E-state index contributed by atoms with van der Waals surface area (Å²) in [6, 6.07) is 5.87. The Bertz CT molecular complexity index is 562. The van der Waals surface area contributed by atoms with Gasteiger partial charge in [0, 0.05) is 23.6 Å². The van der Waals surface area contributed by atoms with E-state index in [2.05, 4.69) is 18.8 Å². The highest BCUT2D eigenvalue weighted by Gasteiger charge is 2.47. The topological polar surface area (TPSA) is 24.5 Å². The number of hydrogen-bond acceptors (Lipinski definition) is 2. The number of ether oxygens (including phenoxy) is 1. The van der Waals surface area contributed by atoms with Gasteiger partial charge in [-0.15, -0.1) is 6.58 Å². The fourth-order valence-electron chi connectivity index (χ4n) is 2.79. The normalized spacial score (nSPS) is 28.2. The average molecular weight is 295 g/mol. The van der Waals surface area contributed by atoms with Crippen LogP contribution < -0.4 is 10.1 Å². The SMILES string of the molecule is C=CCN1C(=S)NC2CC1(C)Oc1ccc(Cl)cc12. The van der Waals surface area contributed by atoms with Crippen molar-refractivity contribution in [3.05, 3.63) is 41.4 Å². The van der Waals surface area contributed by atoms with Gasteiger partial charge in [-0.25, -0.2) is 0 Å². The maximum absolute atomic E-state index is 6.17. The summed E-state index contributed by atoms with van der Waals surface area (Å²) in [4.78, 5) is 2.03. The van der Waals surface area contributed by atoms with Gasteiger partial charge in [0.2, 0.25) is 0 Å². The predicted molar refractivity (Wildman–Crippen MR) is 80.5 cm³/mol. The fraction of sp³-hybridized carbons (Fsp3) is 0.357. The first-order valence-electron chi connectivity index (χ1n) is 6.21. The Kier molecular flexibility index (Phi) is 2.95. The molecule has 2 atom stereocenters. The summed E-state index contributed by atoms with van der Waals surface area (Å²) in [5.41, 5.74) is 0.646. The second-order valence-corrected chi connectivity index (χ2v) is 5.89. The Morgan fingerprint density at radius 3 is 3.21 bits per heavy atom. The molecule has 0 amide bonds. The van der Waals surface area contributed by atoms with Crippen LogP contribution in [-0.4, -0.2) is 22.3 Å². The second kappa shape index (κ2) is 4.39. The van der Waals surface area contributed by atoms with Crippen LogP contribution in [-0.2, 0) is 0 Å². The van der Waals surface area contributed by atoms with Crippen LogP contribution >= 0.6 is 23.8 Å². The van der Waals surface area contributed by atoms with Crippen molar-refractivity contribution in [3.63, 3.8) is 0 Å². The van der Waals surface area contributed by atoms with E-state index in [-0.39, 0.29) is 6.04 Å². The van der Waals surface area contributed by atoms with Crippen molar-refractivity contribution in [1.82, 2.24) is 10.2 Å². The highest BCUT2D eigenvalue weighted by molar-refractivity contribution is 7.80. The Morgan fingerprint density at radius 2 is 2.47 bits per heavy atom. The molecule has 1 saturated heterocycles. The summed E-state index contributed by atoms with van der Waals surface area (Å²) in [5.74, 6) is 0.868. The number of halogens is 1. The van der Waals surface area contributed by atoms with E-state index >= 15 is 0 Å². The molecule has 1 N–H and O–H groups in total. The molecule has 2 aliphatic rings. The zero-order valence-electron chi connectivity index (χ0n) is 10.6. The monoisotopic (exact) mass is 294 g/mol. The number of nitrogens with zero attached hydrogens (tertiary/aromatic N) is 1. The molecule has 0 aliphatic carbocycles. The maximum atomic E-state index is 6.17. The summed E-state index contributed by atoms with van der Waals surface area (Å²) < 4.78 is 6.17. The minimum absolute atomic E-state index is 0.154. The van der Waals surface area contributed by atoms with Gasteiger partial charge in [0.25, 0.3) is 0 Å². The van der Waals surface area contributed by atoms with Crippen molar-refractivity contribution >= 4 is 28.9 Å². The molecule has 2 heterocycles. The van der Waals surface area contributed by atoms with Crippen LogP contribution in [0, 0.1) is 0 Å². The zero-order valence-corrected chi connectivity index (χ0v) is 12.2. The Balaban J connectivity index is 2.05. The Labute approximate surface area is 123 Å². The molecule has 5 heteroatoms. The molecule has 19 heavy (non-hydrogen) atoms. The van der Waals surface area contributed by atoms with Gasteiger partial charge in [0.15, 0.2) is 10.8 Å². The van der Waals surface area contributed by atoms with Crippen LogP contribution in [0.2, 0.25) is 5.02 Å². The zero-order chi connectivity index (χ0) is 13.6. The summed E-state index contributed by atoms with van der Waals surface area (Å²) in [5, 5.41) is 4.78. The maximum Gasteiger partial charge on any atom is 0.184 e. The molecule has 1 aromatic carbocycles. The number of thiocarbonyl (C=S) groups is 1. The van der Waals surface area contributed by atoms with Crippen molar-refractivity contribution in [2.75, 3.05) is 6.54 Å². The van der Waals surface area contributed by atoms with Crippen LogP contribution in [0.5, 0.6) is 5.75 Å². The quantitative estimate of drug-likeness (QED) is 0.668. The van der Waals surface area contributed by atoms with Crippen molar-refractivity contribution in [2.45, 2.75) is 25.1 Å². The lowest BCUT2D eigenvalue weighted by Crippen LogP contribution is -2.64. The lowest BCUT2D eigenvalue weighted by atomic mass is 9.90. The summed E-state index contributed by atoms with van der Waals surface area (Å²) in [6.45, 7) is 6.51. The minimum atomic E-state index is -0.429.